The van der Waals surface area contributed by atoms with Crippen molar-refractivity contribution >= 4 is 18.0 Å². The smallest absolute Gasteiger partial charge is 0.328 e. The molecule has 3 aromatic rings. The molecule has 1 N–H and O–H groups in total. The van der Waals surface area contributed by atoms with E-state index in [4.69, 9.17) is 13.9 Å². The van der Waals surface area contributed by atoms with Gasteiger partial charge < -0.3 is 19.2 Å². The third-order valence-corrected chi connectivity index (χ3v) is 4.08. The molecule has 0 aliphatic carbocycles. The van der Waals surface area contributed by atoms with Gasteiger partial charge in [0, 0.05) is 11.6 Å². The Bertz CT molecular complexity index is 1010. The van der Waals surface area contributed by atoms with Crippen molar-refractivity contribution in [3.05, 3.63) is 72.1 Å². The molecule has 1 aromatic heterocycles. The number of esters is 1. The van der Waals surface area contributed by atoms with Crippen molar-refractivity contribution in [1.82, 2.24) is 15.5 Å². The summed E-state index contributed by atoms with van der Waals surface area (Å²) in [6.07, 6.45) is 2.98. The van der Waals surface area contributed by atoms with Gasteiger partial charge in [-0.1, -0.05) is 30.3 Å². The highest BCUT2D eigenvalue weighted by atomic mass is 16.5. The lowest BCUT2D eigenvalue weighted by Crippen LogP contribution is -2.38. The third-order valence-electron chi connectivity index (χ3n) is 4.08. The van der Waals surface area contributed by atoms with Crippen molar-refractivity contribution in [3.63, 3.8) is 0 Å². The number of carbonyl (C=O) groups excluding carboxylic acids is 2. The van der Waals surface area contributed by atoms with Crippen LogP contribution in [0.2, 0.25) is 0 Å². The van der Waals surface area contributed by atoms with E-state index in [1.165, 1.54) is 13.0 Å². The Labute approximate surface area is 173 Å². The summed E-state index contributed by atoms with van der Waals surface area (Å²) in [5, 5.41) is 10.3. The standard InChI is InChI=1S/C22H21N3O5/c1-15(23-19(26)13-10-16-8-11-18(28-2)12-9-16)22(27)29-14-20-24-25-21(30-20)17-6-4-3-5-7-17/h3-13,15H,14H2,1-2H3,(H,23,26)/b13-10+/t15-/m0/s1. The molecule has 0 spiro atoms. The van der Waals surface area contributed by atoms with Crippen LogP contribution in [0.4, 0.5) is 0 Å². The van der Waals surface area contributed by atoms with E-state index in [0.717, 1.165) is 16.9 Å². The lowest BCUT2D eigenvalue weighted by Gasteiger charge is -2.11. The zero-order chi connectivity index (χ0) is 21.3. The van der Waals surface area contributed by atoms with Gasteiger partial charge in [-0.3, -0.25) is 4.79 Å². The zero-order valence-corrected chi connectivity index (χ0v) is 16.6. The van der Waals surface area contributed by atoms with E-state index in [1.807, 2.05) is 42.5 Å². The molecule has 3 rings (SSSR count). The molecule has 8 heteroatoms. The van der Waals surface area contributed by atoms with Crippen LogP contribution in [0.25, 0.3) is 17.5 Å². The van der Waals surface area contributed by atoms with Crippen molar-refractivity contribution in [3.8, 4) is 17.2 Å². The fourth-order valence-electron chi connectivity index (χ4n) is 2.47. The summed E-state index contributed by atoms with van der Waals surface area (Å²) in [5.41, 5.74) is 1.60. The van der Waals surface area contributed by atoms with Crippen molar-refractivity contribution in [2.45, 2.75) is 19.6 Å². The molecule has 1 amide bonds. The molecule has 0 saturated heterocycles. The molecule has 0 aliphatic heterocycles. The molecule has 0 saturated carbocycles. The Morgan fingerprint density at radius 2 is 1.83 bits per heavy atom. The van der Waals surface area contributed by atoms with Gasteiger partial charge in [0.05, 0.1) is 7.11 Å². The van der Waals surface area contributed by atoms with E-state index >= 15 is 0 Å². The first-order valence-corrected chi connectivity index (χ1v) is 9.22. The lowest BCUT2D eigenvalue weighted by atomic mass is 10.2. The second kappa shape index (κ2) is 10.0. The molecule has 1 heterocycles. The molecule has 2 aromatic carbocycles. The monoisotopic (exact) mass is 407 g/mol. The quantitative estimate of drug-likeness (QED) is 0.452. The van der Waals surface area contributed by atoms with Crippen LogP contribution in [0.1, 0.15) is 18.4 Å². The first kappa shape index (κ1) is 20.8. The normalized spacial score (nSPS) is 11.8. The summed E-state index contributed by atoms with van der Waals surface area (Å²) in [6, 6.07) is 15.6. The molecule has 0 fully saturated rings. The summed E-state index contributed by atoms with van der Waals surface area (Å²) in [4.78, 5) is 24.1. The van der Waals surface area contributed by atoms with E-state index in [0.29, 0.717) is 5.89 Å². The number of aromatic nitrogens is 2. The molecule has 1 atom stereocenters. The summed E-state index contributed by atoms with van der Waals surface area (Å²) in [7, 11) is 1.58. The van der Waals surface area contributed by atoms with Gasteiger partial charge in [0.2, 0.25) is 11.8 Å². The van der Waals surface area contributed by atoms with Gasteiger partial charge in [-0.05, 0) is 42.8 Å². The highest BCUT2D eigenvalue weighted by molar-refractivity contribution is 5.94. The number of nitrogens with one attached hydrogen (secondary N) is 1. The highest BCUT2D eigenvalue weighted by Gasteiger charge is 2.17. The SMILES string of the molecule is COc1ccc(/C=C/C(=O)N[C@@H](C)C(=O)OCc2nnc(-c3ccccc3)o2)cc1. The largest absolute Gasteiger partial charge is 0.497 e. The second-order valence-corrected chi connectivity index (χ2v) is 6.31. The van der Waals surface area contributed by atoms with Crippen LogP contribution in [0, 0.1) is 0 Å². The third kappa shape index (κ3) is 5.78. The van der Waals surface area contributed by atoms with Gasteiger partial charge in [-0.2, -0.15) is 0 Å². The molecular formula is C22H21N3O5. The van der Waals surface area contributed by atoms with E-state index in [1.54, 1.807) is 25.3 Å². The molecule has 154 valence electrons. The molecule has 0 unspecified atom stereocenters. The Balaban J connectivity index is 1.46. The van der Waals surface area contributed by atoms with E-state index < -0.39 is 17.9 Å². The topological polar surface area (TPSA) is 104 Å². The van der Waals surface area contributed by atoms with Gasteiger partial charge in [0.1, 0.15) is 11.8 Å². The maximum Gasteiger partial charge on any atom is 0.328 e. The molecule has 30 heavy (non-hydrogen) atoms. The number of carbonyl (C=O) groups is 2. The minimum Gasteiger partial charge on any atom is -0.497 e. The number of amides is 1. The number of benzene rings is 2. The number of nitrogens with zero attached hydrogens (tertiary/aromatic N) is 2. The Kier molecular flexibility index (Phi) is 6.94. The van der Waals surface area contributed by atoms with E-state index in [9.17, 15) is 9.59 Å². The summed E-state index contributed by atoms with van der Waals surface area (Å²) in [5.74, 6) is 0.206. The zero-order valence-electron chi connectivity index (χ0n) is 16.6. The molecule has 8 nitrogen and oxygen atoms in total. The lowest BCUT2D eigenvalue weighted by molar-refractivity contribution is -0.148. The summed E-state index contributed by atoms with van der Waals surface area (Å²) >= 11 is 0. The van der Waals surface area contributed by atoms with Crippen molar-refractivity contribution in [1.29, 1.82) is 0 Å². The maximum atomic E-state index is 12.1. The van der Waals surface area contributed by atoms with E-state index in [-0.39, 0.29) is 12.5 Å². The van der Waals surface area contributed by atoms with Crippen LogP contribution in [0.5, 0.6) is 5.75 Å². The first-order valence-electron chi connectivity index (χ1n) is 9.22. The number of ether oxygens (including phenoxy) is 2. The molecule has 0 aliphatic rings. The van der Waals surface area contributed by atoms with Gasteiger partial charge in [-0.25, -0.2) is 4.79 Å². The number of hydrogen-bond donors (Lipinski definition) is 1. The average molecular weight is 407 g/mol. The van der Waals surface area contributed by atoms with Crippen LogP contribution in [0.3, 0.4) is 0 Å². The van der Waals surface area contributed by atoms with Crippen molar-refractivity contribution < 1.29 is 23.5 Å². The van der Waals surface area contributed by atoms with Gasteiger partial charge in [0.15, 0.2) is 6.61 Å². The first-order chi connectivity index (χ1) is 14.5. The van der Waals surface area contributed by atoms with Crippen molar-refractivity contribution in [2.75, 3.05) is 7.11 Å². The molecule has 0 radical (unpaired) electrons. The van der Waals surface area contributed by atoms with Gasteiger partial charge in [0.25, 0.3) is 5.89 Å². The summed E-state index contributed by atoms with van der Waals surface area (Å²) < 4.78 is 15.7. The average Bonchev–Trinajstić information content (AvgIpc) is 3.26. The number of hydrogen-bond acceptors (Lipinski definition) is 7. The fraction of sp³-hybridized carbons (Fsp3) is 0.182. The van der Waals surface area contributed by atoms with Crippen LogP contribution >= 0.6 is 0 Å². The number of rotatable bonds is 8. The predicted octanol–water partition coefficient (Wildman–Crippen LogP) is 3.01. The minimum absolute atomic E-state index is 0.167. The fourth-order valence-corrected chi connectivity index (χ4v) is 2.47. The highest BCUT2D eigenvalue weighted by Crippen LogP contribution is 2.17. The Morgan fingerprint density at radius 3 is 2.53 bits per heavy atom. The predicted molar refractivity (Wildman–Crippen MR) is 109 cm³/mol. The second-order valence-electron chi connectivity index (χ2n) is 6.31. The van der Waals surface area contributed by atoms with Crippen LogP contribution in [0.15, 0.2) is 65.1 Å². The van der Waals surface area contributed by atoms with Gasteiger partial charge >= 0.3 is 5.97 Å². The van der Waals surface area contributed by atoms with E-state index in [2.05, 4.69) is 15.5 Å². The summed E-state index contributed by atoms with van der Waals surface area (Å²) in [6.45, 7) is 1.35. The van der Waals surface area contributed by atoms with Crippen molar-refractivity contribution in [2.24, 2.45) is 0 Å². The Morgan fingerprint density at radius 1 is 1.10 bits per heavy atom. The number of methoxy groups -OCH3 is 1. The van der Waals surface area contributed by atoms with Gasteiger partial charge in [-0.15, -0.1) is 10.2 Å². The Hall–Kier alpha value is -3.94. The van der Waals surface area contributed by atoms with Crippen LogP contribution in [-0.4, -0.2) is 35.2 Å². The van der Waals surface area contributed by atoms with Crippen LogP contribution < -0.4 is 10.1 Å². The maximum absolute atomic E-state index is 12.1. The molecule has 0 bridgehead atoms. The minimum atomic E-state index is -0.838. The van der Waals surface area contributed by atoms with Crippen LogP contribution in [-0.2, 0) is 20.9 Å². The molecular weight excluding hydrogens is 386 g/mol.